The Morgan fingerprint density at radius 3 is 2.75 bits per heavy atom. The van der Waals surface area contributed by atoms with E-state index < -0.39 is 0 Å². The molecule has 0 saturated carbocycles. The van der Waals surface area contributed by atoms with Crippen LogP contribution in [0.4, 0.5) is 0 Å². The highest BCUT2D eigenvalue weighted by atomic mass is 16.7. The van der Waals surface area contributed by atoms with Gasteiger partial charge in [0.25, 0.3) is 0 Å². The molecule has 0 N–H and O–H groups in total. The Kier molecular flexibility index (Phi) is 4.40. The van der Waals surface area contributed by atoms with Gasteiger partial charge in [-0.25, -0.2) is 0 Å². The second kappa shape index (κ2) is 6.67. The predicted molar refractivity (Wildman–Crippen MR) is 94.7 cm³/mol. The van der Waals surface area contributed by atoms with Crippen LogP contribution in [0, 0.1) is 0 Å². The Morgan fingerprint density at radius 2 is 1.92 bits per heavy atom. The van der Waals surface area contributed by atoms with Gasteiger partial charge in [0.1, 0.15) is 5.60 Å². The van der Waals surface area contributed by atoms with E-state index in [2.05, 4.69) is 59.5 Å². The van der Waals surface area contributed by atoms with Crippen LogP contribution in [0.3, 0.4) is 0 Å². The molecule has 4 rings (SSSR count). The number of ether oxygens (including phenoxy) is 2. The average Bonchev–Trinajstić information content (AvgIpc) is 2.63. The second-order valence-electron chi connectivity index (χ2n) is 6.94. The Morgan fingerprint density at radius 1 is 1.12 bits per heavy atom. The second-order valence-corrected chi connectivity index (χ2v) is 6.94. The molecular formula is C21H25NO2. The molecule has 0 bridgehead atoms. The number of hydrogen-bond donors (Lipinski definition) is 0. The number of nitrogens with zero attached hydrogens (tertiary/aromatic N) is 1. The third kappa shape index (κ3) is 3.00. The van der Waals surface area contributed by atoms with E-state index in [0.717, 1.165) is 38.9 Å². The van der Waals surface area contributed by atoms with Crippen molar-refractivity contribution in [2.75, 3.05) is 20.2 Å². The monoisotopic (exact) mass is 323 g/mol. The van der Waals surface area contributed by atoms with Crippen LogP contribution in [-0.2, 0) is 28.0 Å². The average molecular weight is 323 g/mol. The normalized spacial score (nSPS) is 27.1. The fourth-order valence-corrected chi connectivity index (χ4v) is 4.21. The lowest BCUT2D eigenvalue weighted by Crippen LogP contribution is -2.52. The molecule has 2 aromatic carbocycles. The van der Waals surface area contributed by atoms with Gasteiger partial charge in [0.2, 0.25) is 0 Å². The van der Waals surface area contributed by atoms with E-state index in [-0.39, 0.29) is 11.9 Å². The van der Waals surface area contributed by atoms with Crippen molar-refractivity contribution in [3.63, 3.8) is 0 Å². The SMILES string of the molecule is CO[C@H]1Cc2ccccc2[C@]2(CCCN(Cc3ccccc3)C2)O1. The number of piperidine rings is 1. The van der Waals surface area contributed by atoms with Crippen molar-refractivity contribution in [2.24, 2.45) is 0 Å². The van der Waals surface area contributed by atoms with E-state index in [4.69, 9.17) is 9.47 Å². The van der Waals surface area contributed by atoms with Crippen molar-refractivity contribution in [3.05, 3.63) is 71.3 Å². The molecule has 3 heteroatoms. The zero-order chi connectivity index (χ0) is 16.4. The molecular weight excluding hydrogens is 298 g/mol. The molecule has 1 fully saturated rings. The van der Waals surface area contributed by atoms with Crippen molar-refractivity contribution in [1.29, 1.82) is 0 Å². The van der Waals surface area contributed by atoms with Crippen LogP contribution in [0.5, 0.6) is 0 Å². The number of benzene rings is 2. The lowest BCUT2D eigenvalue weighted by molar-refractivity contribution is -0.229. The number of hydrogen-bond acceptors (Lipinski definition) is 3. The summed E-state index contributed by atoms with van der Waals surface area (Å²) in [6.45, 7) is 3.03. The summed E-state index contributed by atoms with van der Waals surface area (Å²) in [6, 6.07) is 19.4. The number of likely N-dealkylation sites (tertiary alicyclic amines) is 1. The molecule has 2 aliphatic heterocycles. The van der Waals surface area contributed by atoms with Gasteiger partial charge in [-0.1, -0.05) is 54.6 Å². The Hall–Kier alpha value is -1.68. The highest BCUT2D eigenvalue weighted by molar-refractivity contribution is 5.36. The van der Waals surface area contributed by atoms with Crippen LogP contribution >= 0.6 is 0 Å². The molecule has 1 saturated heterocycles. The van der Waals surface area contributed by atoms with E-state index in [1.54, 1.807) is 7.11 Å². The lowest BCUT2D eigenvalue weighted by atomic mass is 9.80. The molecule has 1 spiro atoms. The van der Waals surface area contributed by atoms with Gasteiger partial charge in [0, 0.05) is 26.6 Å². The summed E-state index contributed by atoms with van der Waals surface area (Å²) in [5, 5.41) is 0. The zero-order valence-corrected chi connectivity index (χ0v) is 14.3. The van der Waals surface area contributed by atoms with Gasteiger partial charge in [-0.3, -0.25) is 4.90 Å². The Labute approximate surface area is 144 Å². The van der Waals surface area contributed by atoms with Crippen molar-refractivity contribution in [3.8, 4) is 0 Å². The molecule has 0 amide bonds. The summed E-state index contributed by atoms with van der Waals surface area (Å²) < 4.78 is 12.1. The van der Waals surface area contributed by atoms with Crippen molar-refractivity contribution < 1.29 is 9.47 Å². The van der Waals surface area contributed by atoms with Crippen LogP contribution < -0.4 is 0 Å². The van der Waals surface area contributed by atoms with Crippen LogP contribution in [0.1, 0.15) is 29.5 Å². The van der Waals surface area contributed by atoms with Crippen LogP contribution in [0.25, 0.3) is 0 Å². The third-order valence-electron chi connectivity index (χ3n) is 5.30. The fraction of sp³-hybridized carbons (Fsp3) is 0.429. The van der Waals surface area contributed by atoms with Gasteiger partial charge in [0.05, 0.1) is 0 Å². The fourth-order valence-electron chi connectivity index (χ4n) is 4.21. The van der Waals surface area contributed by atoms with E-state index in [9.17, 15) is 0 Å². The molecule has 0 aromatic heterocycles. The maximum absolute atomic E-state index is 6.49. The largest absolute Gasteiger partial charge is 0.355 e. The summed E-state index contributed by atoms with van der Waals surface area (Å²) in [4.78, 5) is 2.52. The molecule has 2 atom stereocenters. The zero-order valence-electron chi connectivity index (χ0n) is 14.3. The lowest BCUT2D eigenvalue weighted by Gasteiger charge is -2.47. The first-order valence-corrected chi connectivity index (χ1v) is 8.84. The maximum atomic E-state index is 6.49. The van der Waals surface area contributed by atoms with Gasteiger partial charge in [-0.15, -0.1) is 0 Å². The molecule has 0 unspecified atom stereocenters. The molecule has 2 aromatic rings. The van der Waals surface area contributed by atoms with Gasteiger partial charge in [-0.05, 0) is 36.1 Å². The van der Waals surface area contributed by atoms with E-state index in [0.29, 0.717) is 0 Å². The third-order valence-corrected chi connectivity index (χ3v) is 5.30. The number of methoxy groups -OCH3 is 1. The molecule has 2 heterocycles. The molecule has 126 valence electrons. The van der Waals surface area contributed by atoms with Gasteiger partial charge >= 0.3 is 0 Å². The van der Waals surface area contributed by atoms with E-state index in [1.165, 1.54) is 16.7 Å². The van der Waals surface area contributed by atoms with Crippen molar-refractivity contribution >= 4 is 0 Å². The maximum Gasteiger partial charge on any atom is 0.162 e. The standard InChI is InChI=1S/C21H25NO2/c1-23-20-14-18-10-5-6-11-19(18)21(24-20)12-7-13-22(16-21)15-17-8-3-2-4-9-17/h2-6,8-11,20H,7,12-16H2,1H3/t20-,21-/m1/s1. The smallest absolute Gasteiger partial charge is 0.162 e. The highest BCUT2D eigenvalue weighted by Crippen LogP contribution is 2.42. The molecule has 24 heavy (non-hydrogen) atoms. The van der Waals surface area contributed by atoms with Crippen molar-refractivity contribution in [1.82, 2.24) is 4.90 Å². The molecule has 0 aliphatic carbocycles. The van der Waals surface area contributed by atoms with Gasteiger partial charge < -0.3 is 9.47 Å². The van der Waals surface area contributed by atoms with Crippen LogP contribution in [-0.4, -0.2) is 31.4 Å². The summed E-state index contributed by atoms with van der Waals surface area (Å²) >= 11 is 0. The molecule has 2 aliphatic rings. The summed E-state index contributed by atoms with van der Waals surface area (Å²) in [5.74, 6) is 0. The van der Waals surface area contributed by atoms with Crippen molar-refractivity contribution in [2.45, 2.75) is 37.7 Å². The minimum Gasteiger partial charge on any atom is -0.355 e. The molecule has 3 nitrogen and oxygen atoms in total. The topological polar surface area (TPSA) is 21.7 Å². The Balaban J connectivity index is 1.61. The first kappa shape index (κ1) is 15.8. The minimum atomic E-state index is -0.234. The van der Waals surface area contributed by atoms with Gasteiger partial charge in [0.15, 0.2) is 6.29 Å². The quantitative estimate of drug-likeness (QED) is 0.859. The number of rotatable bonds is 3. The Bertz CT molecular complexity index is 687. The van der Waals surface area contributed by atoms with E-state index >= 15 is 0 Å². The van der Waals surface area contributed by atoms with E-state index in [1.807, 2.05) is 0 Å². The summed E-state index contributed by atoms with van der Waals surface area (Å²) in [7, 11) is 1.75. The predicted octanol–water partition coefficient (Wildman–Crippen LogP) is 3.72. The highest BCUT2D eigenvalue weighted by Gasteiger charge is 2.44. The summed E-state index contributed by atoms with van der Waals surface area (Å²) in [6.07, 6.45) is 2.91. The molecule has 0 radical (unpaired) electrons. The number of fused-ring (bicyclic) bond motifs is 2. The summed E-state index contributed by atoms with van der Waals surface area (Å²) in [5.41, 5.74) is 3.86. The van der Waals surface area contributed by atoms with Crippen LogP contribution in [0.15, 0.2) is 54.6 Å². The van der Waals surface area contributed by atoms with Gasteiger partial charge in [-0.2, -0.15) is 0 Å². The minimum absolute atomic E-state index is 0.142. The van der Waals surface area contributed by atoms with Crippen LogP contribution in [0.2, 0.25) is 0 Å². The first-order chi connectivity index (χ1) is 11.8. The first-order valence-electron chi connectivity index (χ1n) is 8.84.